The lowest BCUT2D eigenvalue weighted by Gasteiger charge is -2.39. The summed E-state index contributed by atoms with van der Waals surface area (Å²) in [5, 5.41) is 1.98. The van der Waals surface area contributed by atoms with Crippen molar-refractivity contribution in [3.63, 3.8) is 0 Å². The zero-order valence-electron chi connectivity index (χ0n) is 16.9. The van der Waals surface area contributed by atoms with E-state index in [2.05, 4.69) is 0 Å². The van der Waals surface area contributed by atoms with Crippen molar-refractivity contribution in [1.29, 1.82) is 0 Å². The van der Waals surface area contributed by atoms with Crippen LogP contribution >= 0.6 is 0 Å². The van der Waals surface area contributed by atoms with Crippen LogP contribution in [0, 0.1) is 5.92 Å². The minimum Gasteiger partial charge on any atom is -0.469 e. The highest BCUT2D eigenvalue weighted by atomic mass is 19.4. The lowest BCUT2D eigenvalue weighted by atomic mass is 9.94. The number of alkyl halides is 3. The van der Waals surface area contributed by atoms with Gasteiger partial charge in [-0.15, -0.1) is 0 Å². The molecule has 0 bridgehead atoms. The van der Waals surface area contributed by atoms with Crippen LogP contribution in [0.4, 0.5) is 24.5 Å². The third-order valence-electron chi connectivity index (χ3n) is 5.15. The Bertz CT molecular complexity index is 951. The third-order valence-corrected chi connectivity index (χ3v) is 5.15. The molecule has 1 heterocycles. The van der Waals surface area contributed by atoms with Gasteiger partial charge in [0.2, 0.25) is 0 Å². The summed E-state index contributed by atoms with van der Waals surface area (Å²) in [5.74, 6) is -2.30. The van der Waals surface area contributed by atoms with Gasteiger partial charge < -0.3 is 15.0 Å². The van der Waals surface area contributed by atoms with Crippen molar-refractivity contribution in [3.8, 4) is 11.1 Å². The van der Waals surface area contributed by atoms with E-state index in [9.17, 15) is 22.8 Å². The van der Waals surface area contributed by atoms with Crippen LogP contribution < -0.4 is 10.2 Å². The fraction of sp³-hybridized carbons (Fsp3) is 0.364. The minimum absolute atomic E-state index is 0.0925. The van der Waals surface area contributed by atoms with Crippen molar-refractivity contribution in [1.82, 2.24) is 0 Å². The SMILES string of the molecule is COC(=O)C1CN(c2cccc(-c3cc(C(C)C)ccc3NC(=O)C(F)(F)F)c2)C1. The monoisotopic (exact) mass is 420 g/mol. The van der Waals surface area contributed by atoms with E-state index in [0.717, 1.165) is 11.3 Å². The maximum Gasteiger partial charge on any atom is 0.471 e. The molecule has 2 aromatic rings. The molecular weight excluding hydrogens is 397 g/mol. The second-order valence-electron chi connectivity index (χ2n) is 7.59. The van der Waals surface area contributed by atoms with E-state index < -0.39 is 12.1 Å². The van der Waals surface area contributed by atoms with Crippen LogP contribution in [0.15, 0.2) is 42.5 Å². The van der Waals surface area contributed by atoms with Crippen molar-refractivity contribution in [3.05, 3.63) is 48.0 Å². The average Bonchev–Trinajstić information content (AvgIpc) is 2.66. The van der Waals surface area contributed by atoms with Gasteiger partial charge in [0.1, 0.15) is 0 Å². The summed E-state index contributed by atoms with van der Waals surface area (Å²) in [6.07, 6.45) is -4.98. The first kappa shape index (κ1) is 21.7. The zero-order chi connectivity index (χ0) is 22.1. The molecule has 1 saturated heterocycles. The van der Waals surface area contributed by atoms with Crippen LogP contribution in [0.25, 0.3) is 11.1 Å². The van der Waals surface area contributed by atoms with Crippen molar-refractivity contribution in [2.75, 3.05) is 30.4 Å². The highest BCUT2D eigenvalue weighted by Gasteiger charge is 2.39. The number of benzene rings is 2. The quantitative estimate of drug-likeness (QED) is 0.719. The molecule has 1 aliphatic rings. The number of ether oxygens (including phenoxy) is 1. The topological polar surface area (TPSA) is 58.6 Å². The Morgan fingerprint density at radius 1 is 1.13 bits per heavy atom. The standard InChI is InChI=1S/C22H23F3N2O3/c1-13(2)14-7-8-19(26-21(29)22(23,24)25)18(10-14)15-5-4-6-17(9-15)27-11-16(12-27)20(28)30-3/h4-10,13,16H,11-12H2,1-3H3,(H,26,29). The van der Waals surface area contributed by atoms with E-state index in [0.29, 0.717) is 24.2 Å². The molecule has 0 radical (unpaired) electrons. The number of halogens is 3. The molecule has 1 amide bonds. The molecule has 1 N–H and O–H groups in total. The van der Waals surface area contributed by atoms with E-state index in [4.69, 9.17) is 4.74 Å². The van der Waals surface area contributed by atoms with Gasteiger partial charge in [-0.2, -0.15) is 13.2 Å². The van der Waals surface area contributed by atoms with Crippen molar-refractivity contribution >= 4 is 23.3 Å². The molecule has 1 fully saturated rings. The first-order chi connectivity index (χ1) is 14.1. The predicted molar refractivity (Wildman–Crippen MR) is 108 cm³/mol. The van der Waals surface area contributed by atoms with Gasteiger partial charge in [0, 0.05) is 30.0 Å². The van der Waals surface area contributed by atoms with Crippen LogP contribution in [0.5, 0.6) is 0 Å². The number of anilines is 2. The van der Waals surface area contributed by atoms with Gasteiger partial charge >= 0.3 is 18.1 Å². The highest BCUT2D eigenvalue weighted by molar-refractivity contribution is 5.99. The second-order valence-corrected chi connectivity index (χ2v) is 7.59. The lowest BCUT2D eigenvalue weighted by molar-refractivity contribution is -0.167. The third kappa shape index (κ3) is 4.58. The molecule has 0 aromatic heterocycles. The van der Waals surface area contributed by atoms with Gasteiger partial charge in [-0.25, -0.2) is 0 Å². The Balaban J connectivity index is 1.93. The number of amides is 1. The largest absolute Gasteiger partial charge is 0.471 e. The molecule has 160 valence electrons. The highest BCUT2D eigenvalue weighted by Crippen LogP contribution is 2.35. The normalized spacial score (nSPS) is 14.4. The second kappa shape index (κ2) is 8.38. The molecule has 0 unspecified atom stereocenters. The molecular formula is C22H23F3N2O3. The Labute approximate surface area is 172 Å². The number of hydrogen-bond donors (Lipinski definition) is 1. The molecule has 0 atom stereocenters. The molecule has 0 spiro atoms. The average molecular weight is 420 g/mol. The lowest BCUT2D eigenvalue weighted by Crippen LogP contribution is -2.50. The number of rotatable bonds is 5. The van der Waals surface area contributed by atoms with E-state index in [1.54, 1.807) is 24.3 Å². The Hall–Kier alpha value is -3.03. The first-order valence-corrected chi connectivity index (χ1v) is 9.55. The van der Waals surface area contributed by atoms with Crippen LogP contribution in [0.1, 0.15) is 25.3 Å². The zero-order valence-corrected chi connectivity index (χ0v) is 16.9. The number of nitrogens with one attached hydrogen (secondary N) is 1. The van der Waals surface area contributed by atoms with Gasteiger partial charge in [0.15, 0.2) is 0 Å². The van der Waals surface area contributed by atoms with Gasteiger partial charge in [0.25, 0.3) is 0 Å². The van der Waals surface area contributed by atoms with E-state index in [1.165, 1.54) is 13.2 Å². The van der Waals surface area contributed by atoms with Crippen molar-refractivity contribution < 1.29 is 27.5 Å². The van der Waals surface area contributed by atoms with Gasteiger partial charge in [-0.3, -0.25) is 9.59 Å². The molecule has 1 aliphatic heterocycles. The predicted octanol–water partition coefficient (Wildman–Crippen LogP) is 4.59. The summed E-state index contributed by atoms with van der Waals surface area (Å²) in [6.45, 7) is 4.99. The summed E-state index contributed by atoms with van der Waals surface area (Å²) < 4.78 is 43.1. The summed E-state index contributed by atoms with van der Waals surface area (Å²) in [4.78, 5) is 25.1. The number of carbonyl (C=O) groups is 2. The van der Waals surface area contributed by atoms with Gasteiger partial charge in [0.05, 0.1) is 13.0 Å². The molecule has 0 aliphatic carbocycles. The van der Waals surface area contributed by atoms with Crippen LogP contribution in [-0.4, -0.2) is 38.3 Å². The summed E-state index contributed by atoms with van der Waals surface area (Å²) in [5.41, 5.74) is 3.06. The molecule has 0 saturated carbocycles. The summed E-state index contributed by atoms with van der Waals surface area (Å²) in [7, 11) is 1.35. The Morgan fingerprint density at radius 2 is 1.83 bits per heavy atom. The smallest absolute Gasteiger partial charge is 0.469 e. The molecule has 30 heavy (non-hydrogen) atoms. The van der Waals surface area contributed by atoms with Gasteiger partial charge in [-0.05, 0) is 41.3 Å². The van der Waals surface area contributed by atoms with Crippen molar-refractivity contribution in [2.45, 2.75) is 25.9 Å². The fourth-order valence-electron chi connectivity index (χ4n) is 3.34. The molecule has 8 heteroatoms. The summed E-state index contributed by atoms with van der Waals surface area (Å²) in [6, 6.07) is 12.3. The minimum atomic E-state index is -4.98. The number of hydrogen-bond acceptors (Lipinski definition) is 4. The Morgan fingerprint density at radius 3 is 2.43 bits per heavy atom. The number of carbonyl (C=O) groups excluding carboxylic acids is 2. The molecule has 2 aromatic carbocycles. The number of nitrogens with zero attached hydrogens (tertiary/aromatic N) is 1. The maximum atomic E-state index is 12.8. The summed E-state index contributed by atoms with van der Waals surface area (Å²) >= 11 is 0. The van der Waals surface area contributed by atoms with Gasteiger partial charge in [-0.1, -0.05) is 32.0 Å². The van der Waals surface area contributed by atoms with E-state index in [1.807, 2.05) is 36.2 Å². The Kier molecular flexibility index (Phi) is 6.05. The van der Waals surface area contributed by atoms with Crippen molar-refractivity contribution in [2.24, 2.45) is 5.92 Å². The van der Waals surface area contributed by atoms with Crippen LogP contribution in [0.2, 0.25) is 0 Å². The van der Waals surface area contributed by atoms with E-state index >= 15 is 0 Å². The maximum absolute atomic E-state index is 12.8. The number of esters is 1. The van der Waals surface area contributed by atoms with Crippen LogP contribution in [0.3, 0.4) is 0 Å². The first-order valence-electron chi connectivity index (χ1n) is 9.55. The number of methoxy groups -OCH3 is 1. The van der Waals surface area contributed by atoms with E-state index in [-0.39, 0.29) is 23.5 Å². The fourth-order valence-corrected chi connectivity index (χ4v) is 3.34. The van der Waals surface area contributed by atoms with Crippen LogP contribution in [-0.2, 0) is 14.3 Å². The molecule has 3 rings (SSSR count). The molecule has 5 nitrogen and oxygen atoms in total.